The van der Waals surface area contributed by atoms with Crippen molar-refractivity contribution in [3.05, 3.63) is 54.1 Å². The van der Waals surface area contributed by atoms with Gasteiger partial charge < -0.3 is 14.2 Å². The predicted octanol–water partition coefficient (Wildman–Crippen LogP) is 3.24. The van der Waals surface area contributed by atoms with Gasteiger partial charge in [0.15, 0.2) is 11.5 Å². The van der Waals surface area contributed by atoms with Crippen LogP contribution >= 0.6 is 0 Å². The van der Waals surface area contributed by atoms with E-state index < -0.39 is 0 Å². The molecule has 0 N–H and O–H groups in total. The number of aryl methyl sites for hydroxylation is 1. The summed E-state index contributed by atoms with van der Waals surface area (Å²) >= 11 is 0. The van der Waals surface area contributed by atoms with Crippen LogP contribution in [-0.4, -0.2) is 20.2 Å². The van der Waals surface area contributed by atoms with Crippen molar-refractivity contribution in [3.63, 3.8) is 0 Å². The fourth-order valence-corrected chi connectivity index (χ4v) is 2.02. The minimum Gasteiger partial charge on any atom is -0.496 e. The van der Waals surface area contributed by atoms with Gasteiger partial charge in [0.2, 0.25) is 0 Å². The molecule has 2 aromatic carbocycles. The molecule has 2 aromatic rings. The van der Waals surface area contributed by atoms with E-state index in [9.17, 15) is 4.79 Å². The topological polar surface area (TPSA) is 44.8 Å². The van der Waals surface area contributed by atoms with Gasteiger partial charge in [-0.15, -0.1) is 0 Å². The normalized spacial score (nSPS) is 10.0. The fraction of sp³-hybridized carbons (Fsp3) is 0.235. The Labute approximate surface area is 124 Å². The van der Waals surface area contributed by atoms with E-state index in [4.69, 9.17) is 14.2 Å². The van der Waals surface area contributed by atoms with Crippen molar-refractivity contribution in [2.45, 2.75) is 12.8 Å². The van der Waals surface area contributed by atoms with Crippen LogP contribution in [0.5, 0.6) is 17.2 Å². The van der Waals surface area contributed by atoms with Gasteiger partial charge in [0.05, 0.1) is 20.6 Å². The first kappa shape index (κ1) is 14.9. The maximum atomic E-state index is 11.9. The quantitative estimate of drug-likeness (QED) is 0.604. The van der Waals surface area contributed by atoms with E-state index >= 15 is 0 Å². The van der Waals surface area contributed by atoms with Gasteiger partial charge in [-0.3, -0.25) is 4.79 Å². The molecule has 0 amide bonds. The molecule has 0 unspecified atom stereocenters. The van der Waals surface area contributed by atoms with E-state index in [0.29, 0.717) is 17.9 Å². The fourth-order valence-electron chi connectivity index (χ4n) is 2.02. The second-order valence-corrected chi connectivity index (χ2v) is 4.44. The molecule has 0 aliphatic rings. The molecule has 0 bridgehead atoms. The molecule has 0 radical (unpaired) electrons. The van der Waals surface area contributed by atoms with Gasteiger partial charge in [0, 0.05) is 0 Å². The van der Waals surface area contributed by atoms with Crippen molar-refractivity contribution in [2.24, 2.45) is 0 Å². The Morgan fingerprint density at radius 1 is 0.857 bits per heavy atom. The molecule has 0 aliphatic carbocycles. The van der Waals surface area contributed by atoms with Gasteiger partial charge in [0.25, 0.3) is 0 Å². The van der Waals surface area contributed by atoms with Gasteiger partial charge in [0.1, 0.15) is 5.75 Å². The number of esters is 1. The Balaban J connectivity index is 1.96. The minimum absolute atomic E-state index is 0.276. The molecule has 0 saturated carbocycles. The zero-order valence-corrected chi connectivity index (χ0v) is 12.2. The monoisotopic (exact) mass is 286 g/mol. The number of ether oxygens (including phenoxy) is 3. The first-order valence-corrected chi connectivity index (χ1v) is 6.70. The summed E-state index contributed by atoms with van der Waals surface area (Å²) in [5.41, 5.74) is 0.983. The molecule has 0 aromatic heterocycles. The number of hydrogen-bond donors (Lipinski definition) is 0. The van der Waals surface area contributed by atoms with Crippen LogP contribution in [0, 0.1) is 0 Å². The third-order valence-electron chi connectivity index (χ3n) is 3.08. The van der Waals surface area contributed by atoms with Crippen LogP contribution in [0.4, 0.5) is 0 Å². The Morgan fingerprint density at radius 2 is 1.43 bits per heavy atom. The summed E-state index contributed by atoms with van der Waals surface area (Å²) in [4.78, 5) is 11.9. The van der Waals surface area contributed by atoms with Crippen LogP contribution in [0.2, 0.25) is 0 Å². The summed E-state index contributed by atoms with van der Waals surface area (Å²) in [7, 11) is 3.16. The summed E-state index contributed by atoms with van der Waals surface area (Å²) in [6, 6.07) is 14.7. The molecule has 110 valence electrons. The highest BCUT2D eigenvalue weighted by molar-refractivity contribution is 5.73. The average molecular weight is 286 g/mol. The molecule has 0 fully saturated rings. The summed E-state index contributed by atoms with van der Waals surface area (Å²) in [6.07, 6.45) is 0.844. The SMILES string of the molecule is COc1ccccc1CCC(=O)Oc1ccccc1OC. The first-order chi connectivity index (χ1) is 10.2. The van der Waals surface area contributed by atoms with Crippen molar-refractivity contribution in [1.29, 1.82) is 0 Å². The van der Waals surface area contributed by atoms with E-state index in [1.54, 1.807) is 32.4 Å². The van der Waals surface area contributed by atoms with Gasteiger partial charge in [-0.05, 0) is 30.2 Å². The maximum Gasteiger partial charge on any atom is 0.311 e. The number of benzene rings is 2. The van der Waals surface area contributed by atoms with Crippen LogP contribution in [0.1, 0.15) is 12.0 Å². The smallest absolute Gasteiger partial charge is 0.311 e. The molecule has 2 rings (SSSR count). The molecular weight excluding hydrogens is 268 g/mol. The Hall–Kier alpha value is -2.49. The number of para-hydroxylation sites is 3. The van der Waals surface area contributed by atoms with E-state index in [1.807, 2.05) is 30.3 Å². The maximum absolute atomic E-state index is 11.9. The third kappa shape index (κ3) is 3.99. The van der Waals surface area contributed by atoms with E-state index in [-0.39, 0.29) is 12.4 Å². The second-order valence-electron chi connectivity index (χ2n) is 4.44. The molecule has 4 heteroatoms. The van der Waals surface area contributed by atoms with Crippen molar-refractivity contribution in [2.75, 3.05) is 14.2 Å². The average Bonchev–Trinajstić information content (AvgIpc) is 2.53. The van der Waals surface area contributed by atoms with Crippen LogP contribution in [-0.2, 0) is 11.2 Å². The van der Waals surface area contributed by atoms with Crippen LogP contribution < -0.4 is 14.2 Å². The molecule has 0 heterocycles. The lowest BCUT2D eigenvalue weighted by molar-refractivity contribution is -0.134. The lowest BCUT2D eigenvalue weighted by Crippen LogP contribution is -2.10. The van der Waals surface area contributed by atoms with Gasteiger partial charge >= 0.3 is 5.97 Å². The van der Waals surface area contributed by atoms with Crippen molar-refractivity contribution < 1.29 is 19.0 Å². The highest BCUT2D eigenvalue weighted by Gasteiger charge is 2.11. The highest BCUT2D eigenvalue weighted by atomic mass is 16.6. The molecule has 21 heavy (non-hydrogen) atoms. The number of carbonyl (C=O) groups excluding carboxylic acids is 1. The summed E-state index contributed by atoms with van der Waals surface area (Å²) in [5, 5.41) is 0. The zero-order chi connectivity index (χ0) is 15.1. The lowest BCUT2D eigenvalue weighted by atomic mass is 10.1. The van der Waals surface area contributed by atoms with Gasteiger partial charge in [-0.25, -0.2) is 0 Å². The summed E-state index contributed by atoms with van der Waals surface area (Å²) < 4.78 is 15.7. The third-order valence-corrected chi connectivity index (χ3v) is 3.08. The first-order valence-electron chi connectivity index (χ1n) is 6.70. The van der Waals surface area contributed by atoms with Crippen LogP contribution in [0.3, 0.4) is 0 Å². The zero-order valence-electron chi connectivity index (χ0n) is 12.2. The minimum atomic E-state index is -0.301. The summed E-state index contributed by atoms with van der Waals surface area (Å²) in [6.45, 7) is 0. The van der Waals surface area contributed by atoms with Crippen LogP contribution in [0.15, 0.2) is 48.5 Å². The molecule has 0 saturated heterocycles. The van der Waals surface area contributed by atoms with Gasteiger partial charge in [-0.2, -0.15) is 0 Å². The second kappa shape index (κ2) is 7.33. The number of methoxy groups -OCH3 is 2. The van der Waals surface area contributed by atoms with Crippen molar-refractivity contribution in [3.8, 4) is 17.2 Å². The number of carbonyl (C=O) groups is 1. The van der Waals surface area contributed by atoms with Crippen molar-refractivity contribution >= 4 is 5.97 Å². The molecule has 0 atom stereocenters. The molecule has 0 spiro atoms. The van der Waals surface area contributed by atoms with E-state index in [0.717, 1.165) is 11.3 Å². The van der Waals surface area contributed by atoms with E-state index in [1.165, 1.54) is 0 Å². The lowest BCUT2D eigenvalue weighted by Gasteiger charge is -2.10. The predicted molar refractivity (Wildman–Crippen MR) is 79.9 cm³/mol. The number of hydrogen-bond acceptors (Lipinski definition) is 4. The van der Waals surface area contributed by atoms with E-state index in [2.05, 4.69) is 0 Å². The molecule has 0 aliphatic heterocycles. The van der Waals surface area contributed by atoms with Crippen molar-refractivity contribution in [1.82, 2.24) is 0 Å². The van der Waals surface area contributed by atoms with Crippen LogP contribution in [0.25, 0.3) is 0 Å². The molecule has 4 nitrogen and oxygen atoms in total. The standard InChI is InChI=1S/C17H18O4/c1-19-14-8-4-3-7-13(14)11-12-17(18)21-16-10-6-5-9-15(16)20-2/h3-10H,11-12H2,1-2H3. The Kier molecular flexibility index (Phi) is 5.21. The summed E-state index contributed by atoms with van der Waals surface area (Å²) in [5.74, 6) is 1.46. The largest absolute Gasteiger partial charge is 0.496 e. The molecular formula is C17H18O4. The highest BCUT2D eigenvalue weighted by Crippen LogP contribution is 2.26. The Morgan fingerprint density at radius 3 is 2.10 bits per heavy atom. The van der Waals surface area contributed by atoms with Gasteiger partial charge in [-0.1, -0.05) is 30.3 Å². The Bertz CT molecular complexity index is 607. The number of rotatable bonds is 6.